The van der Waals surface area contributed by atoms with Crippen molar-refractivity contribution in [1.82, 2.24) is 0 Å². The summed E-state index contributed by atoms with van der Waals surface area (Å²) in [6.07, 6.45) is 8.56. The van der Waals surface area contributed by atoms with Gasteiger partial charge in [-0.15, -0.1) is 0 Å². The summed E-state index contributed by atoms with van der Waals surface area (Å²) >= 11 is 0. The van der Waals surface area contributed by atoms with E-state index in [1.54, 1.807) is 0 Å². The van der Waals surface area contributed by atoms with Crippen molar-refractivity contribution in [2.24, 2.45) is 4.99 Å². The van der Waals surface area contributed by atoms with Gasteiger partial charge in [-0.2, -0.15) is 0 Å². The van der Waals surface area contributed by atoms with Crippen molar-refractivity contribution >= 4 is 55.5 Å². The molecule has 40 heavy (non-hydrogen) atoms. The molecule has 0 radical (unpaired) electrons. The molecule has 0 atom stereocenters. The fraction of sp³-hybridized carbons (Fsp3) is 0.294. The van der Waals surface area contributed by atoms with Crippen LogP contribution in [0.2, 0.25) is 0 Å². The lowest BCUT2D eigenvalue weighted by Crippen LogP contribution is -2.46. The van der Waals surface area contributed by atoms with Gasteiger partial charge in [-0.25, -0.2) is 0 Å². The number of nitrogens with zero attached hydrogens (tertiary/aromatic N) is 1. The quantitative estimate of drug-likeness (QED) is 0.240. The van der Waals surface area contributed by atoms with Crippen LogP contribution in [-0.2, 0) is 4.79 Å². The van der Waals surface area contributed by atoms with E-state index in [1.807, 2.05) is 18.2 Å². The van der Waals surface area contributed by atoms with E-state index in [1.165, 1.54) is 0 Å². The first-order chi connectivity index (χ1) is 19.5. The van der Waals surface area contributed by atoms with Gasteiger partial charge in [0, 0.05) is 32.9 Å². The highest BCUT2D eigenvalue weighted by Crippen LogP contribution is 2.49. The van der Waals surface area contributed by atoms with Gasteiger partial charge in [-0.05, 0) is 74.3 Å². The molecule has 9 rings (SSSR count). The van der Waals surface area contributed by atoms with E-state index in [4.69, 9.17) is 4.99 Å². The molecular weight excluding hydrogens is 496 g/mol. The van der Waals surface area contributed by atoms with E-state index in [0.29, 0.717) is 11.1 Å². The number of allylic oxidation sites excluding steroid dienone is 2. The van der Waals surface area contributed by atoms with Crippen LogP contribution in [0.25, 0.3) is 32.7 Å². The van der Waals surface area contributed by atoms with Crippen LogP contribution in [0.3, 0.4) is 0 Å². The second-order valence-electron chi connectivity index (χ2n) is 12.2. The van der Waals surface area contributed by atoms with Gasteiger partial charge in [-0.3, -0.25) is 9.79 Å². The third kappa shape index (κ3) is 2.88. The summed E-state index contributed by atoms with van der Waals surface area (Å²) in [5, 5.41) is 28.8. The first-order valence-corrected chi connectivity index (χ1v) is 14.6. The molecule has 0 amide bonds. The number of carbonyl (C=O) groups excluding carboxylic acids is 1. The Bertz CT molecular complexity index is 1980. The Balaban J connectivity index is 1.29. The Labute approximate surface area is 231 Å². The summed E-state index contributed by atoms with van der Waals surface area (Å²) in [4.78, 5) is 19.3. The topological polar surface area (TPSA) is 85.8 Å². The van der Waals surface area contributed by atoms with Crippen molar-refractivity contribution in [3.63, 3.8) is 0 Å². The monoisotopic (exact) mass is 526 g/mol. The zero-order valence-corrected chi connectivity index (χ0v) is 22.2. The second-order valence-corrected chi connectivity index (χ2v) is 12.2. The van der Waals surface area contributed by atoms with E-state index in [-0.39, 0.29) is 22.9 Å². The van der Waals surface area contributed by atoms with Crippen molar-refractivity contribution in [2.75, 3.05) is 16.0 Å². The van der Waals surface area contributed by atoms with Gasteiger partial charge >= 0.3 is 0 Å². The lowest BCUT2D eigenvalue weighted by molar-refractivity contribution is -0.109. The number of hydrogen-bond acceptors (Lipinski definition) is 6. The normalized spacial score (nSPS) is 22.8. The van der Waals surface area contributed by atoms with E-state index < -0.39 is 0 Å². The molecule has 5 aliphatic rings. The van der Waals surface area contributed by atoms with Crippen molar-refractivity contribution in [3.05, 3.63) is 82.6 Å². The third-order valence-corrected chi connectivity index (χ3v) is 9.85. The Kier molecular flexibility index (Phi) is 4.31. The SMILES string of the molecule is O=C1C(c2ccc3cccc4c3c2NC2(CCCC2)N4)=C(O)/C1=c1/ccc2cccc3c2c1=NC1(CCCC1)N3. The van der Waals surface area contributed by atoms with Crippen LogP contribution in [0.1, 0.15) is 56.9 Å². The van der Waals surface area contributed by atoms with Gasteiger partial charge in [0.2, 0.25) is 5.78 Å². The minimum Gasteiger partial charge on any atom is -0.506 e. The maximum absolute atomic E-state index is 14.1. The summed E-state index contributed by atoms with van der Waals surface area (Å²) in [6, 6.07) is 20.6. The second kappa shape index (κ2) is 7.66. The molecule has 2 heterocycles. The molecule has 6 heteroatoms. The Morgan fingerprint density at radius 2 is 1.38 bits per heavy atom. The molecule has 2 fully saturated rings. The van der Waals surface area contributed by atoms with Crippen molar-refractivity contribution in [3.8, 4) is 0 Å². The zero-order valence-electron chi connectivity index (χ0n) is 22.2. The fourth-order valence-electron chi connectivity index (χ4n) is 7.95. The molecule has 2 spiro atoms. The summed E-state index contributed by atoms with van der Waals surface area (Å²) in [6.45, 7) is 0. The maximum atomic E-state index is 14.1. The molecule has 0 bridgehead atoms. The number of aliphatic hydroxyl groups excluding tert-OH is 1. The lowest BCUT2D eigenvalue weighted by Gasteiger charge is -2.40. The average molecular weight is 527 g/mol. The molecule has 3 aliphatic carbocycles. The predicted molar refractivity (Wildman–Crippen MR) is 160 cm³/mol. The van der Waals surface area contributed by atoms with Crippen molar-refractivity contribution < 1.29 is 9.90 Å². The van der Waals surface area contributed by atoms with Crippen LogP contribution in [0, 0.1) is 0 Å². The molecule has 0 saturated heterocycles. The lowest BCUT2D eigenvalue weighted by atomic mass is 9.79. The van der Waals surface area contributed by atoms with E-state index in [0.717, 1.165) is 106 Å². The van der Waals surface area contributed by atoms with Crippen molar-refractivity contribution in [1.29, 1.82) is 0 Å². The summed E-state index contributed by atoms with van der Waals surface area (Å²) in [5.74, 6) is -0.0464. The number of rotatable bonds is 1. The molecule has 198 valence electrons. The van der Waals surface area contributed by atoms with E-state index >= 15 is 0 Å². The first kappa shape index (κ1) is 22.5. The Morgan fingerprint density at radius 1 is 0.700 bits per heavy atom. The zero-order chi connectivity index (χ0) is 26.6. The first-order valence-electron chi connectivity index (χ1n) is 14.6. The number of aliphatic hydroxyl groups is 1. The molecule has 6 nitrogen and oxygen atoms in total. The standard InChI is InChI=1S/C34H30N4O2/c39-31-27(21-13-11-19-7-5-9-23-25(19)29(21)37-33(35-23)15-1-2-16-33)32(40)28(31)22-14-12-20-8-6-10-24-26(20)30(22)38-34(36-24)17-3-4-18-34/h5-14,35-37,39H,1-4,15-18H2/b28-22+. The highest BCUT2D eigenvalue weighted by Gasteiger charge is 2.42. The third-order valence-electron chi connectivity index (χ3n) is 9.85. The van der Waals surface area contributed by atoms with E-state index in [2.05, 4.69) is 58.4 Å². The molecule has 0 unspecified atom stereocenters. The smallest absolute Gasteiger partial charge is 0.201 e. The summed E-state index contributed by atoms with van der Waals surface area (Å²) in [5.41, 5.74) is 4.10. The summed E-state index contributed by atoms with van der Waals surface area (Å²) in [7, 11) is 0. The number of benzene rings is 4. The van der Waals surface area contributed by atoms with Crippen LogP contribution in [0.5, 0.6) is 0 Å². The largest absolute Gasteiger partial charge is 0.506 e. The molecular formula is C34H30N4O2. The number of Topliss-reactive ketones (excluding diaryl/α,β-unsaturated/α-hetero) is 1. The minimum atomic E-state index is -0.335. The number of nitrogens with one attached hydrogen (secondary N) is 3. The van der Waals surface area contributed by atoms with E-state index in [9.17, 15) is 9.90 Å². The molecule has 4 N–H and O–H groups in total. The van der Waals surface area contributed by atoms with Gasteiger partial charge in [-0.1, -0.05) is 48.5 Å². The maximum Gasteiger partial charge on any atom is 0.201 e. The van der Waals surface area contributed by atoms with Crippen LogP contribution in [-0.4, -0.2) is 22.2 Å². The fourth-order valence-corrected chi connectivity index (χ4v) is 7.95. The van der Waals surface area contributed by atoms with Crippen LogP contribution in [0.4, 0.5) is 17.1 Å². The van der Waals surface area contributed by atoms with Gasteiger partial charge < -0.3 is 21.1 Å². The number of hydrogen-bond donors (Lipinski definition) is 4. The van der Waals surface area contributed by atoms with Crippen LogP contribution >= 0.6 is 0 Å². The molecule has 4 aromatic carbocycles. The molecule has 0 aromatic heterocycles. The van der Waals surface area contributed by atoms with Crippen molar-refractivity contribution in [2.45, 2.75) is 62.7 Å². The highest BCUT2D eigenvalue weighted by atomic mass is 16.3. The molecule has 2 saturated carbocycles. The summed E-state index contributed by atoms with van der Waals surface area (Å²) < 4.78 is 0. The van der Waals surface area contributed by atoms with Gasteiger partial charge in [0.15, 0.2) is 0 Å². The molecule has 2 aliphatic heterocycles. The number of carbonyl (C=O) groups is 1. The average Bonchev–Trinajstić information content (AvgIpc) is 3.61. The number of ketones is 1. The van der Waals surface area contributed by atoms with Gasteiger partial charge in [0.25, 0.3) is 0 Å². The predicted octanol–water partition coefficient (Wildman–Crippen LogP) is 6.12. The van der Waals surface area contributed by atoms with Gasteiger partial charge in [0.05, 0.1) is 22.2 Å². The minimum absolute atomic E-state index is 0.0705. The number of anilines is 3. The Morgan fingerprint density at radius 3 is 2.12 bits per heavy atom. The van der Waals surface area contributed by atoms with Gasteiger partial charge in [0.1, 0.15) is 17.1 Å². The van der Waals surface area contributed by atoms with Crippen LogP contribution in [0.15, 0.2) is 71.4 Å². The molecule has 4 aromatic rings. The highest BCUT2D eigenvalue weighted by molar-refractivity contribution is 6.52. The Hall–Kier alpha value is -4.32. The van der Waals surface area contributed by atoms with Crippen LogP contribution < -0.4 is 26.5 Å².